The van der Waals surface area contributed by atoms with E-state index >= 15 is 0 Å². The van der Waals surface area contributed by atoms with Gasteiger partial charge in [-0.15, -0.1) is 0 Å². The van der Waals surface area contributed by atoms with E-state index in [4.69, 9.17) is 9.90 Å². The number of rotatable bonds is 3. The summed E-state index contributed by atoms with van der Waals surface area (Å²) in [4.78, 5) is 0. The van der Waals surface area contributed by atoms with Crippen molar-refractivity contribution >= 4 is 54.3 Å². The second-order valence-corrected chi connectivity index (χ2v) is 10.7. The molecule has 0 N–H and O–H groups in total. The summed E-state index contributed by atoms with van der Waals surface area (Å²) < 4.78 is 60.8. The summed E-state index contributed by atoms with van der Waals surface area (Å²) in [6.07, 6.45) is 0. The molecule has 1 aromatic heterocycles. The highest BCUT2D eigenvalue weighted by Crippen LogP contribution is 2.47. The summed E-state index contributed by atoms with van der Waals surface area (Å²) in [5, 5.41) is 5.81. The largest absolute Gasteiger partial charge is 0.455 e. The predicted molar refractivity (Wildman–Crippen MR) is 183 cm³/mol. The first-order valence-electron chi connectivity index (χ1n) is 17.3. The van der Waals surface area contributed by atoms with Gasteiger partial charge in [0.05, 0.1) is 8.22 Å². The third kappa shape index (κ3) is 3.65. The zero-order valence-electron chi connectivity index (χ0n) is 29.0. The molecule has 0 amide bonds. The molecular weight excluding hydrogens is 520 g/mol. The van der Waals surface area contributed by atoms with Crippen molar-refractivity contribution in [1.82, 2.24) is 0 Å². The lowest BCUT2D eigenvalue weighted by Gasteiger charge is -2.19. The normalized spacial score (nSPS) is 13.7. The van der Waals surface area contributed by atoms with E-state index in [0.29, 0.717) is 22.3 Å². The second kappa shape index (κ2) is 9.44. The molecule has 0 spiro atoms. The Balaban J connectivity index is 1.49. The highest BCUT2D eigenvalue weighted by atomic mass is 16.3. The Bertz CT molecular complexity index is 2780. The second-order valence-electron chi connectivity index (χ2n) is 10.7. The van der Waals surface area contributed by atoms with E-state index in [1.807, 2.05) is 91.0 Å². The Hall–Kier alpha value is -5.66. The molecule has 200 valence electrons. The van der Waals surface area contributed by atoms with Crippen LogP contribution in [-0.2, 0) is 0 Å². The summed E-state index contributed by atoms with van der Waals surface area (Å²) in [6.45, 7) is 0. The van der Waals surface area contributed by atoms with Gasteiger partial charge in [0, 0.05) is 21.9 Å². The van der Waals surface area contributed by atoms with E-state index < -0.39 is 6.04 Å². The summed E-state index contributed by atoms with van der Waals surface area (Å²) in [7, 11) is 0. The SMILES string of the molecule is [2H]c1c([2H])c([2H])c2c(-c3ccccc3)c([2H])c(-c3c4ccccc4c(-c4cccc5c4oc4ccccc45)c4ccccc34)c([2H])c2c1[2H]. The fourth-order valence-corrected chi connectivity index (χ4v) is 6.52. The molecule has 0 atom stereocenters. The molecule has 1 heteroatoms. The zero-order valence-corrected chi connectivity index (χ0v) is 23.0. The summed E-state index contributed by atoms with van der Waals surface area (Å²) in [5.41, 5.74) is 5.50. The van der Waals surface area contributed by atoms with Gasteiger partial charge in [-0.1, -0.05) is 139 Å². The lowest BCUT2D eigenvalue weighted by molar-refractivity contribution is 0.670. The van der Waals surface area contributed by atoms with Crippen LogP contribution in [0.2, 0.25) is 0 Å². The Morgan fingerprint density at radius 2 is 1.02 bits per heavy atom. The van der Waals surface area contributed by atoms with E-state index in [0.717, 1.165) is 54.6 Å². The number of para-hydroxylation sites is 2. The number of furan rings is 1. The van der Waals surface area contributed by atoms with Crippen LogP contribution in [-0.4, -0.2) is 0 Å². The van der Waals surface area contributed by atoms with Gasteiger partial charge in [-0.3, -0.25) is 0 Å². The molecular formula is C42H26O. The maximum Gasteiger partial charge on any atom is 0.143 e. The van der Waals surface area contributed by atoms with E-state index in [1.54, 1.807) is 0 Å². The van der Waals surface area contributed by atoms with Crippen LogP contribution in [0.3, 0.4) is 0 Å². The lowest BCUT2D eigenvalue weighted by atomic mass is 9.84. The van der Waals surface area contributed by atoms with Gasteiger partial charge >= 0.3 is 0 Å². The maximum absolute atomic E-state index is 9.79. The molecule has 0 aliphatic carbocycles. The van der Waals surface area contributed by atoms with Crippen molar-refractivity contribution in [1.29, 1.82) is 0 Å². The average molecular weight is 553 g/mol. The highest BCUT2D eigenvalue weighted by molar-refractivity contribution is 6.24. The van der Waals surface area contributed by atoms with Crippen LogP contribution in [0.5, 0.6) is 0 Å². The van der Waals surface area contributed by atoms with Gasteiger partial charge in [-0.25, -0.2) is 0 Å². The molecule has 0 saturated heterocycles. The quantitative estimate of drug-likeness (QED) is 0.199. The van der Waals surface area contributed by atoms with Crippen LogP contribution in [0.15, 0.2) is 162 Å². The Kier molecular flexibility index (Phi) is 4.11. The molecule has 9 aromatic rings. The van der Waals surface area contributed by atoms with Crippen LogP contribution in [0.4, 0.5) is 0 Å². The molecule has 0 unspecified atom stereocenters. The molecule has 0 bridgehead atoms. The summed E-state index contributed by atoms with van der Waals surface area (Å²) in [5.74, 6) is 0. The fraction of sp³-hybridized carbons (Fsp3) is 0. The topological polar surface area (TPSA) is 13.1 Å². The first kappa shape index (κ1) is 18.7. The van der Waals surface area contributed by atoms with Gasteiger partial charge in [0.1, 0.15) is 11.2 Å². The van der Waals surface area contributed by atoms with Crippen molar-refractivity contribution in [3.05, 3.63) is 158 Å². The summed E-state index contributed by atoms with van der Waals surface area (Å²) >= 11 is 0. The molecule has 0 aliphatic rings. The zero-order chi connectivity index (χ0) is 33.6. The van der Waals surface area contributed by atoms with Crippen molar-refractivity contribution in [3.63, 3.8) is 0 Å². The van der Waals surface area contributed by atoms with Gasteiger partial charge in [0.15, 0.2) is 0 Å². The Morgan fingerprint density at radius 1 is 0.419 bits per heavy atom. The van der Waals surface area contributed by atoms with Crippen LogP contribution in [0, 0.1) is 0 Å². The fourth-order valence-electron chi connectivity index (χ4n) is 6.52. The van der Waals surface area contributed by atoms with Crippen LogP contribution < -0.4 is 0 Å². The minimum atomic E-state index is -0.405. The maximum atomic E-state index is 9.79. The van der Waals surface area contributed by atoms with E-state index in [9.17, 15) is 2.74 Å². The van der Waals surface area contributed by atoms with Gasteiger partial charge in [-0.05, 0) is 72.7 Å². The Morgan fingerprint density at radius 3 is 1.77 bits per heavy atom. The van der Waals surface area contributed by atoms with Gasteiger partial charge in [0.2, 0.25) is 0 Å². The van der Waals surface area contributed by atoms with Crippen LogP contribution in [0.1, 0.15) is 8.22 Å². The Labute approximate surface area is 257 Å². The highest BCUT2D eigenvalue weighted by Gasteiger charge is 2.20. The van der Waals surface area contributed by atoms with Crippen LogP contribution >= 0.6 is 0 Å². The molecule has 0 radical (unpaired) electrons. The molecule has 0 fully saturated rings. The standard InChI is InChI=1S/C42H26O/c1-2-13-27(14-3-1)38-26-29(25-28-15-4-5-16-30(28)38)40-32-18-6-8-20-34(32)41(35-21-9-7-19-33(35)40)37-23-12-22-36-31-17-10-11-24-39(31)43-42(36)37/h1-26H/i4D,5D,15D,16D,25D,26D. The van der Waals surface area contributed by atoms with Gasteiger partial charge in [-0.2, -0.15) is 0 Å². The molecule has 1 nitrogen and oxygen atoms in total. The van der Waals surface area contributed by atoms with Crippen molar-refractivity contribution in [2.75, 3.05) is 0 Å². The first-order chi connectivity index (χ1) is 23.9. The average Bonchev–Trinajstić information content (AvgIpc) is 3.52. The minimum Gasteiger partial charge on any atom is -0.455 e. The molecule has 0 saturated carbocycles. The monoisotopic (exact) mass is 552 g/mol. The minimum absolute atomic E-state index is 0.0381. The molecule has 8 aromatic carbocycles. The van der Waals surface area contributed by atoms with Crippen LogP contribution in [0.25, 0.3) is 87.6 Å². The number of fused-ring (bicyclic) bond motifs is 6. The predicted octanol–water partition coefficient (Wildman–Crippen LogP) is 12.0. The van der Waals surface area contributed by atoms with E-state index in [2.05, 4.69) is 30.3 Å². The van der Waals surface area contributed by atoms with E-state index in [-0.39, 0.29) is 41.0 Å². The molecule has 43 heavy (non-hydrogen) atoms. The number of hydrogen-bond donors (Lipinski definition) is 0. The van der Waals surface area contributed by atoms with Crippen molar-refractivity contribution in [3.8, 4) is 33.4 Å². The lowest BCUT2D eigenvalue weighted by Crippen LogP contribution is -1.92. The van der Waals surface area contributed by atoms with Gasteiger partial charge in [0.25, 0.3) is 0 Å². The third-order valence-corrected chi connectivity index (χ3v) is 8.36. The van der Waals surface area contributed by atoms with Crippen molar-refractivity contribution < 1.29 is 12.6 Å². The number of hydrogen-bond acceptors (Lipinski definition) is 1. The van der Waals surface area contributed by atoms with Crippen molar-refractivity contribution in [2.24, 2.45) is 0 Å². The van der Waals surface area contributed by atoms with Gasteiger partial charge < -0.3 is 4.42 Å². The van der Waals surface area contributed by atoms with Crippen molar-refractivity contribution in [2.45, 2.75) is 0 Å². The molecule has 1 heterocycles. The number of benzene rings is 8. The first-order valence-corrected chi connectivity index (χ1v) is 14.3. The van der Waals surface area contributed by atoms with E-state index in [1.165, 1.54) is 0 Å². The summed E-state index contributed by atoms with van der Waals surface area (Å²) in [6, 6.07) is 38.0. The smallest absolute Gasteiger partial charge is 0.143 e. The molecule has 0 aliphatic heterocycles. The third-order valence-electron chi connectivity index (χ3n) is 8.36. The molecule has 9 rings (SSSR count).